The summed E-state index contributed by atoms with van der Waals surface area (Å²) in [4.78, 5) is 16.0. The summed E-state index contributed by atoms with van der Waals surface area (Å²) in [6.45, 7) is 3.98. The highest BCUT2D eigenvalue weighted by atomic mass is 32.1. The van der Waals surface area contributed by atoms with Gasteiger partial charge in [-0.1, -0.05) is 18.3 Å². The number of hydrogen-bond acceptors (Lipinski definition) is 6. The van der Waals surface area contributed by atoms with Crippen LogP contribution in [0.2, 0.25) is 0 Å². The number of amides is 1. The van der Waals surface area contributed by atoms with Crippen LogP contribution in [0, 0.1) is 0 Å². The first-order valence-corrected chi connectivity index (χ1v) is 6.77. The molecule has 0 saturated carbocycles. The van der Waals surface area contributed by atoms with Gasteiger partial charge in [0.15, 0.2) is 0 Å². The number of rotatable bonds is 5. The van der Waals surface area contributed by atoms with Crippen LogP contribution in [0.3, 0.4) is 0 Å². The van der Waals surface area contributed by atoms with E-state index in [9.17, 15) is 4.79 Å². The molecule has 2 heterocycles. The molecule has 0 spiro atoms. The fraction of sp³-hybridized carbons (Fsp3) is 0.333. The lowest BCUT2D eigenvalue weighted by Gasteiger charge is -2.11. The highest BCUT2D eigenvalue weighted by Gasteiger charge is 2.10. The standard InChI is InChI=1S/C12H14N4O2S/c1-3-8(2)18-10-6-9(4-5-13-10)11(17)15-12-16-14-7-19-12/h4-8H,3H2,1-2H3,(H,15,16,17). The molecule has 2 aromatic heterocycles. The number of aromatic nitrogens is 3. The van der Waals surface area contributed by atoms with Gasteiger partial charge in [-0.25, -0.2) is 4.98 Å². The Bertz CT molecular complexity index is 544. The Morgan fingerprint density at radius 3 is 3.11 bits per heavy atom. The zero-order valence-electron chi connectivity index (χ0n) is 10.7. The normalized spacial score (nSPS) is 11.9. The van der Waals surface area contributed by atoms with E-state index < -0.39 is 0 Å². The van der Waals surface area contributed by atoms with E-state index in [1.54, 1.807) is 23.8 Å². The van der Waals surface area contributed by atoms with E-state index in [4.69, 9.17) is 4.74 Å². The van der Waals surface area contributed by atoms with Crippen molar-refractivity contribution in [2.75, 3.05) is 5.32 Å². The predicted octanol–water partition coefficient (Wildman–Crippen LogP) is 2.36. The number of nitrogens with one attached hydrogen (secondary N) is 1. The number of ether oxygens (including phenoxy) is 1. The van der Waals surface area contributed by atoms with Crippen molar-refractivity contribution in [3.05, 3.63) is 29.4 Å². The van der Waals surface area contributed by atoms with Crippen LogP contribution in [0.25, 0.3) is 0 Å². The van der Waals surface area contributed by atoms with Gasteiger partial charge in [0.05, 0.1) is 6.10 Å². The summed E-state index contributed by atoms with van der Waals surface area (Å²) in [6, 6.07) is 3.24. The number of hydrogen-bond donors (Lipinski definition) is 1. The molecule has 1 atom stereocenters. The number of anilines is 1. The van der Waals surface area contributed by atoms with Crippen molar-refractivity contribution in [3.8, 4) is 5.88 Å². The molecule has 0 aliphatic heterocycles. The fourth-order valence-electron chi connectivity index (χ4n) is 1.30. The van der Waals surface area contributed by atoms with Crippen molar-refractivity contribution in [2.45, 2.75) is 26.4 Å². The lowest BCUT2D eigenvalue weighted by molar-refractivity contribution is 0.102. The maximum atomic E-state index is 12.0. The van der Waals surface area contributed by atoms with Crippen LogP contribution in [0.5, 0.6) is 5.88 Å². The lowest BCUT2D eigenvalue weighted by Crippen LogP contribution is -2.14. The average Bonchev–Trinajstić information content (AvgIpc) is 2.91. The molecule has 0 saturated heterocycles. The maximum absolute atomic E-state index is 12.0. The van der Waals surface area contributed by atoms with E-state index in [-0.39, 0.29) is 12.0 Å². The fourth-order valence-corrected chi connectivity index (χ4v) is 1.74. The molecule has 1 amide bonds. The zero-order chi connectivity index (χ0) is 13.7. The third kappa shape index (κ3) is 3.72. The molecule has 1 unspecified atom stereocenters. The molecule has 100 valence electrons. The summed E-state index contributed by atoms with van der Waals surface area (Å²) in [5.74, 6) is 0.187. The van der Waals surface area contributed by atoms with Crippen molar-refractivity contribution in [2.24, 2.45) is 0 Å². The Labute approximate surface area is 114 Å². The van der Waals surface area contributed by atoms with E-state index in [2.05, 4.69) is 20.5 Å². The molecular weight excluding hydrogens is 264 g/mol. The second-order valence-corrected chi connectivity index (χ2v) is 4.75. The Morgan fingerprint density at radius 2 is 2.42 bits per heavy atom. The second kappa shape index (κ2) is 6.24. The molecule has 1 N–H and O–H groups in total. The Morgan fingerprint density at radius 1 is 1.58 bits per heavy atom. The van der Waals surface area contributed by atoms with Gasteiger partial charge in [0.1, 0.15) is 5.51 Å². The van der Waals surface area contributed by atoms with Gasteiger partial charge in [0.2, 0.25) is 11.0 Å². The van der Waals surface area contributed by atoms with Crippen molar-refractivity contribution in [3.63, 3.8) is 0 Å². The first kappa shape index (κ1) is 13.4. The van der Waals surface area contributed by atoms with Gasteiger partial charge in [0.25, 0.3) is 5.91 Å². The van der Waals surface area contributed by atoms with E-state index in [0.717, 1.165) is 6.42 Å². The van der Waals surface area contributed by atoms with Gasteiger partial charge in [-0.2, -0.15) is 0 Å². The van der Waals surface area contributed by atoms with Crippen molar-refractivity contribution in [1.82, 2.24) is 15.2 Å². The minimum absolute atomic E-state index is 0.0639. The van der Waals surface area contributed by atoms with Crippen LogP contribution >= 0.6 is 11.3 Å². The summed E-state index contributed by atoms with van der Waals surface area (Å²) in [5, 5.41) is 10.5. The maximum Gasteiger partial charge on any atom is 0.257 e. The molecule has 0 bridgehead atoms. The Balaban J connectivity index is 2.07. The molecule has 0 radical (unpaired) electrons. The van der Waals surface area contributed by atoms with E-state index in [1.165, 1.54) is 11.3 Å². The van der Waals surface area contributed by atoms with Crippen LogP contribution in [-0.4, -0.2) is 27.2 Å². The average molecular weight is 278 g/mol. The molecule has 0 aromatic carbocycles. The highest BCUT2D eigenvalue weighted by molar-refractivity contribution is 7.13. The monoisotopic (exact) mass is 278 g/mol. The van der Waals surface area contributed by atoms with Crippen molar-refractivity contribution in [1.29, 1.82) is 0 Å². The molecule has 2 rings (SSSR count). The zero-order valence-corrected chi connectivity index (χ0v) is 11.5. The largest absolute Gasteiger partial charge is 0.475 e. The van der Waals surface area contributed by atoms with Crippen LogP contribution in [0.15, 0.2) is 23.8 Å². The number of carbonyl (C=O) groups is 1. The number of nitrogens with zero attached hydrogens (tertiary/aromatic N) is 3. The van der Waals surface area contributed by atoms with Gasteiger partial charge in [-0.3, -0.25) is 10.1 Å². The molecule has 0 aliphatic rings. The first-order valence-electron chi connectivity index (χ1n) is 5.89. The first-order chi connectivity index (χ1) is 9.19. The van der Waals surface area contributed by atoms with Crippen LogP contribution < -0.4 is 10.1 Å². The van der Waals surface area contributed by atoms with Crippen LogP contribution in [-0.2, 0) is 0 Å². The third-order valence-corrected chi connectivity index (χ3v) is 3.08. The lowest BCUT2D eigenvalue weighted by atomic mass is 10.2. The van der Waals surface area contributed by atoms with Gasteiger partial charge < -0.3 is 4.74 Å². The number of pyridine rings is 1. The quantitative estimate of drug-likeness (QED) is 0.908. The molecular formula is C12H14N4O2S. The SMILES string of the molecule is CCC(C)Oc1cc(C(=O)Nc2nncs2)ccn1. The molecule has 0 aliphatic carbocycles. The summed E-state index contributed by atoms with van der Waals surface area (Å²) in [7, 11) is 0. The van der Waals surface area contributed by atoms with Gasteiger partial charge in [-0.05, 0) is 19.4 Å². The second-order valence-electron chi connectivity index (χ2n) is 3.92. The van der Waals surface area contributed by atoms with Gasteiger partial charge in [0, 0.05) is 17.8 Å². The third-order valence-electron chi connectivity index (χ3n) is 2.47. The molecule has 19 heavy (non-hydrogen) atoms. The molecule has 2 aromatic rings. The van der Waals surface area contributed by atoms with Gasteiger partial charge in [-0.15, -0.1) is 10.2 Å². The summed E-state index contributed by atoms with van der Waals surface area (Å²) < 4.78 is 5.57. The highest BCUT2D eigenvalue weighted by Crippen LogP contribution is 2.15. The summed E-state index contributed by atoms with van der Waals surface area (Å²) in [5.41, 5.74) is 2.03. The summed E-state index contributed by atoms with van der Waals surface area (Å²) >= 11 is 1.26. The Kier molecular flexibility index (Phi) is 4.40. The molecule has 6 nitrogen and oxygen atoms in total. The Hall–Kier alpha value is -2.02. The predicted molar refractivity (Wildman–Crippen MR) is 72.5 cm³/mol. The van der Waals surface area contributed by atoms with E-state index in [1.807, 2.05) is 13.8 Å². The van der Waals surface area contributed by atoms with Crippen molar-refractivity contribution >= 4 is 22.4 Å². The van der Waals surface area contributed by atoms with Crippen LogP contribution in [0.4, 0.5) is 5.13 Å². The van der Waals surface area contributed by atoms with Crippen molar-refractivity contribution < 1.29 is 9.53 Å². The van der Waals surface area contributed by atoms with Gasteiger partial charge >= 0.3 is 0 Å². The summed E-state index contributed by atoms with van der Waals surface area (Å²) in [6.07, 6.45) is 2.49. The van der Waals surface area contributed by atoms with E-state index in [0.29, 0.717) is 16.6 Å². The topological polar surface area (TPSA) is 77.0 Å². The number of carbonyl (C=O) groups excluding carboxylic acids is 1. The van der Waals surface area contributed by atoms with E-state index >= 15 is 0 Å². The van der Waals surface area contributed by atoms with Crippen LogP contribution in [0.1, 0.15) is 30.6 Å². The minimum Gasteiger partial charge on any atom is -0.475 e. The minimum atomic E-state index is -0.256. The smallest absolute Gasteiger partial charge is 0.257 e. The molecule has 7 heteroatoms. The molecule has 0 fully saturated rings.